The summed E-state index contributed by atoms with van der Waals surface area (Å²) in [6.45, 7) is 5.13. The van der Waals surface area contributed by atoms with E-state index in [-0.39, 0.29) is 11.6 Å². The van der Waals surface area contributed by atoms with Gasteiger partial charge in [0.1, 0.15) is 5.69 Å². The molecule has 1 unspecified atom stereocenters. The van der Waals surface area contributed by atoms with Crippen molar-refractivity contribution in [1.29, 1.82) is 0 Å². The third-order valence-electron chi connectivity index (χ3n) is 4.86. The lowest BCUT2D eigenvalue weighted by Gasteiger charge is -2.43. The molecule has 0 aromatic carbocycles. The van der Waals surface area contributed by atoms with E-state index in [4.69, 9.17) is 15.3 Å². The van der Waals surface area contributed by atoms with Crippen LogP contribution in [0.4, 0.5) is 0 Å². The number of nitrogens with two attached hydrogens (primary N) is 1. The molecule has 6 nitrogen and oxygen atoms in total. The van der Waals surface area contributed by atoms with Crippen LogP contribution in [0, 0.1) is 5.92 Å². The number of aryl methyl sites for hydroxylation is 1. The second kappa shape index (κ2) is 6.77. The largest absolute Gasteiger partial charge is 0.493 e. The smallest absolute Gasteiger partial charge is 0.161 e. The third kappa shape index (κ3) is 2.93. The fourth-order valence-electron chi connectivity index (χ4n) is 3.42. The quantitative estimate of drug-likeness (QED) is 0.620. The second-order valence-corrected chi connectivity index (χ2v) is 5.97. The van der Waals surface area contributed by atoms with Crippen LogP contribution in [0.5, 0.6) is 5.75 Å². The van der Waals surface area contributed by atoms with E-state index in [1.807, 2.05) is 4.68 Å². The Balaban J connectivity index is 2.40. The van der Waals surface area contributed by atoms with E-state index in [1.165, 1.54) is 0 Å². The Bertz CT molecular complexity index is 431. The minimum Gasteiger partial charge on any atom is -0.493 e. The molecule has 0 radical (unpaired) electrons. The molecule has 21 heavy (non-hydrogen) atoms. The molecular weight excluding hydrogens is 268 g/mol. The van der Waals surface area contributed by atoms with E-state index in [9.17, 15) is 0 Å². The average Bonchev–Trinajstić information content (AvgIpc) is 2.93. The molecule has 6 heteroatoms. The molecule has 0 aliphatic heterocycles. The highest BCUT2D eigenvalue weighted by molar-refractivity contribution is 5.31. The Hall–Kier alpha value is -1.11. The molecule has 1 saturated carbocycles. The van der Waals surface area contributed by atoms with E-state index in [2.05, 4.69) is 24.4 Å². The number of hydrazine groups is 1. The zero-order valence-electron chi connectivity index (χ0n) is 13.6. The normalized spacial score (nSPS) is 27.6. The van der Waals surface area contributed by atoms with Crippen LogP contribution >= 0.6 is 0 Å². The van der Waals surface area contributed by atoms with E-state index in [0.29, 0.717) is 0 Å². The minimum absolute atomic E-state index is 0.132. The summed E-state index contributed by atoms with van der Waals surface area (Å²) >= 11 is 0. The van der Waals surface area contributed by atoms with Gasteiger partial charge < -0.3 is 9.47 Å². The molecule has 2 rings (SSSR count). The van der Waals surface area contributed by atoms with Gasteiger partial charge in [0, 0.05) is 13.7 Å². The molecule has 120 valence electrons. The van der Waals surface area contributed by atoms with Gasteiger partial charge in [-0.2, -0.15) is 5.10 Å². The van der Waals surface area contributed by atoms with Crippen LogP contribution in [0.3, 0.4) is 0 Å². The fourth-order valence-corrected chi connectivity index (χ4v) is 3.42. The third-order valence-corrected chi connectivity index (χ3v) is 4.86. The van der Waals surface area contributed by atoms with E-state index < -0.39 is 0 Å². The zero-order chi connectivity index (χ0) is 15.5. The summed E-state index contributed by atoms with van der Waals surface area (Å²) in [6.07, 6.45) is 6.01. The number of methoxy groups -OCH3 is 2. The Kier molecular flexibility index (Phi) is 5.24. The van der Waals surface area contributed by atoms with Gasteiger partial charge in [0.05, 0.1) is 24.9 Å². The maximum Gasteiger partial charge on any atom is 0.161 e. The summed E-state index contributed by atoms with van der Waals surface area (Å²) in [5.41, 5.74) is 3.63. The molecule has 1 aliphatic carbocycles. The lowest BCUT2D eigenvalue weighted by molar-refractivity contribution is -0.0783. The standard InChI is InChI=1S/C15H28N4O2/c1-5-19-13(12(20-3)10-17-19)14(18-16)15(21-4)8-6-11(2)7-9-15/h10-11,14,18H,5-9,16H2,1-4H3. The van der Waals surface area contributed by atoms with E-state index in [1.54, 1.807) is 20.4 Å². The Morgan fingerprint density at radius 3 is 2.62 bits per heavy atom. The molecule has 0 saturated heterocycles. The van der Waals surface area contributed by atoms with Gasteiger partial charge in [-0.25, -0.2) is 5.43 Å². The van der Waals surface area contributed by atoms with E-state index >= 15 is 0 Å². The number of aromatic nitrogens is 2. The Morgan fingerprint density at radius 2 is 2.14 bits per heavy atom. The zero-order valence-corrected chi connectivity index (χ0v) is 13.6. The van der Waals surface area contributed by atoms with Crippen molar-refractivity contribution in [3.63, 3.8) is 0 Å². The number of ether oxygens (including phenoxy) is 2. The molecular formula is C15H28N4O2. The molecule has 1 heterocycles. The summed E-state index contributed by atoms with van der Waals surface area (Å²) in [4.78, 5) is 0. The summed E-state index contributed by atoms with van der Waals surface area (Å²) < 4.78 is 13.4. The topological polar surface area (TPSA) is 74.3 Å². The van der Waals surface area contributed by atoms with Crippen LogP contribution in [0.1, 0.15) is 51.3 Å². The van der Waals surface area contributed by atoms with Gasteiger partial charge in [-0.1, -0.05) is 6.92 Å². The first-order valence-electron chi connectivity index (χ1n) is 7.72. The van der Waals surface area contributed by atoms with Crippen molar-refractivity contribution < 1.29 is 9.47 Å². The number of hydrogen-bond acceptors (Lipinski definition) is 5. The maximum absolute atomic E-state index is 5.96. The Morgan fingerprint density at radius 1 is 1.48 bits per heavy atom. The fraction of sp³-hybridized carbons (Fsp3) is 0.800. The second-order valence-electron chi connectivity index (χ2n) is 5.97. The first-order chi connectivity index (χ1) is 10.1. The molecule has 1 aromatic rings. The number of nitrogens with zero attached hydrogens (tertiary/aromatic N) is 2. The van der Waals surface area contributed by atoms with Crippen molar-refractivity contribution in [3.05, 3.63) is 11.9 Å². The van der Waals surface area contributed by atoms with Gasteiger partial charge in [0.15, 0.2) is 5.75 Å². The SMILES string of the molecule is CCn1ncc(OC)c1C(NN)C1(OC)CCC(C)CC1. The molecule has 0 bridgehead atoms. The molecule has 1 aliphatic rings. The maximum atomic E-state index is 5.96. The van der Waals surface area contributed by atoms with Crippen LogP contribution in [0.15, 0.2) is 6.20 Å². The van der Waals surface area contributed by atoms with Crippen molar-refractivity contribution in [2.75, 3.05) is 14.2 Å². The molecule has 1 fully saturated rings. The van der Waals surface area contributed by atoms with Crippen LogP contribution in [-0.2, 0) is 11.3 Å². The van der Waals surface area contributed by atoms with Crippen LogP contribution < -0.4 is 16.0 Å². The first kappa shape index (κ1) is 16.3. The number of nitrogens with one attached hydrogen (secondary N) is 1. The van der Waals surface area contributed by atoms with Crippen molar-refractivity contribution >= 4 is 0 Å². The van der Waals surface area contributed by atoms with Crippen LogP contribution in [0.2, 0.25) is 0 Å². The highest BCUT2D eigenvalue weighted by atomic mass is 16.5. The van der Waals surface area contributed by atoms with Crippen LogP contribution in [0.25, 0.3) is 0 Å². The summed E-state index contributed by atoms with van der Waals surface area (Å²) in [6, 6.07) is -0.132. The molecule has 1 aromatic heterocycles. The van der Waals surface area contributed by atoms with Gasteiger partial charge in [-0.05, 0) is 38.5 Å². The lowest BCUT2D eigenvalue weighted by atomic mass is 9.74. The number of hydrogen-bond donors (Lipinski definition) is 2. The van der Waals surface area contributed by atoms with E-state index in [0.717, 1.165) is 49.6 Å². The van der Waals surface area contributed by atoms with Crippen LogP contribution in [-0.4, -0.2) is 29.6 Å². The number of rotatable bonds is 6. The van der Waals surface area contributed by atoms with Gasteiger partial charge >= 0.3 is 0 Å². The highest BCUT2D eigenvalue weighted by Gasteiger charge is 2.44. The van der Waals surface area contributed by atoms with Crippen molar-refractivity contribution in [2.24, 2.45) is 11.8 Å². The summed E-state index contributed by atoms with van der Waals surface area (Å²) in [5.74, 6) is 7.41. The lowest BCUT2D eigenvalue weighted by Crippen LogP contribution is -2.50. The molecule has 1 atom stereocenters. The minimum atomic E-state index is -0.304. The molecule has 0 spiro atoms. The van der Waals surface area contributed by atoms with Crippen molar-refractivity contribution in [1.82, 2.24) is 15.2 Å². The molecule has 0 amide bonds. The first-order valence-corrected chi connectivity index (χ1v) is 7.72. The summed E-state index contributed by atoms with van der Waals surface area (Å²) in [7, 11) is 3.44. The van der Waals surface area contributed by atoms with Gasteiger partial charge in [0.25, 0.3) is 0 Å². The average molecular weight is 296 g/mol. The Labute approximate surface area is 126 Å². The molecule has 3 N–H and O–H groups in total. The van der Waals surface area contributed by atoms with Crippen molar-refractivity contribution in [2.45, 2.75) is 57.7 Å². The van der Waals surface area contributed by atoms with Gasteiger partial charge in [-0.15, -0.1) is 0 Å². The monoisotopic (exact) mass is 296 g/mol. The predicted molar refractivity (Wildman–Crippen MR) is 81.9 cm³/mol. The highest BCUT2D eigenvalue weighted by Crippen LogP contribution is 2.44. The van der Waals surface area contributed by atoms with Crippen molar-refractivity contribution in [3.8, 4) is 5.75 Å². The predicted octanol–water partition coefficient (Wildman–Crippen LogP) is 2.01. The van der Waals surface area contributed by atoms with Gasteiger partial charge in [-0.3, -0.25) is 10.5 Å². The van der Waals surface area contributed by atoms with Gasteiger partial charge in [0.2, 0.25) is 0 Å². The summed E-state index contributed by atoms with van der Waals surface area (Å²) in [5, 5.41) is 4.39.